The van der Waals surface area contributed by atoms with E-state index in [4.69, 9.17) is 11.6 Å². The number of nitrogens with one attached hydrogen (secondary N) is 1. The predicted molar refractivity (Wildman–Crippen MR) is 84.1 cm³/mol. The van der Waals surface area contributed by atoms with Gasteiger partial charge in [-0.25, -0.2) is 8.42 Å². The Morgan fingerprint density at radius 1 is 1.00 bits per heavy atom. The summed E-state index contributed by atoms with van der Waals surface area (Å²) in [6, 6.07) is 11.3. The van der Waals surface area contributed by atoms with E-state index in [0.717, 1.165) is 4.47 Å². The van der Waals surface area contributed by atoms with Crippen LogP contribution in [0.5, 0.6) is 0 Å². The number of hydrogen-bond acceptors (Lipinski definition) is 2. The van der Waals surface area contributed by atoms with Gasteiger partial charge in [-0.2, -0.15) is 0 Å². The Morgan fingerprint density at radius 2 is 1.63 bits per heavy atom. The van der Waals surface area contributed by atoms with Crippen molar-refractivity contribution in [3.8, 4) is 0 Å². The molecule has 1 N–H and O–H groups in total. The number of sulfonamides is 1. The van der Waals surface area contributed by atoms with Crippen molar-refractivity contribution in [3.63, 3.8) is 0 Å². The molecule has 0 aliphatic rings. The van der Waals surface area contributed by atoms with E-state index in [1.54, 1.807) is 30.3 Å². The summed E-state index contributed by atoms with van der Waals surface area (Å²) in [5.41, 5.74) is 0.399. The van der Waals surface area contributed by atoms with Gasteiger partial charge in [-0.1, -0.05) is 27.5 Å². The van der Waals surface area contributed by atoms with Crippen LogP contribution >= 0.6 is 43.5 Å². The largest absolute Gasteiger partial charge is 0.278 e. The van der Waals surface area contributed by atoms with Crippen molar-refractivity contribution >= 4 is 59.2 Å². The van der Waals surface area contributed by atoms with E-state index in [-0.39, 0.29) is 4.90 Å². The summed E-state index contributed by atoms with van der Waals surface area (Å²) in [4.78, 5) is 0.183. The average molecular weight is 426 g/mol. The number of rotatable bonds is 3. The molecule has 0 radical (unpaired) electrons. The Bertz CT molecular complexity index is 702. The topological polar surface area (TPSA) is 46.2 Å². The molecule has 7 heteroatoms. The summed E-state index contributed by atoms with van der Waals surface area (Å²) in [5.74, 6) is 0. The first kappa shape index (κ1) is 14.8. The first-order valence-corrected chi connectivity index (χ1v) is 8.57. The van der Waals surface area contributed by atoms with Crippen LogP contribution < -0.4 is 4.72 Å². The zero-order valence-corrected chi connectivity index (χ0v) is 14.1. The van der Waals surface area contributed by atoms with Crippen molar-refractivity contribution in [2.45, 2.75) is 4.90 Å². The van der Waals surface area contributed by atoms with Gasteiger partial charge in [0.15, 0.2) is 0 Å². The second kappa shape index (κ2) is 5.83. The smallest absolute Gasteiger partial charge is 0.261 e. The summed E-state index contributed by atoms with van der Waals surface area (Å²) < 4.78 is 28.3. The highest BCUT2D eigenvalue weighted by Crippen LogP contribution is 2.28. The maximum Gasteiger partial charge on any atom is 0.261 e. The van der Waals surface area contributed by atoms with E-state index in [2.05, 4.69) is 36.6 Å². The Hall–Kier alpha value is -0.560. The van der Waals surface area contributed by atoms with Crippen LogP contribution in [0.3, 0.4) is 0 Å². The number of halogens is 3. The summed E-state index contributed by atoms with van der Waals surface area (Å²) in [6.07, 6.45) is 0. The first-order chi connectivity index (χ1) is 8.88. The lowest BCUT2D eigenvalue weighted by atomic mass is 10.3. The van der Waals surface area contributed by atoms with Gasteiger partial charge in [0.05, 0.1) is 10.6 Å². The highest BCUT2D eigenvalue weighted by molar-refractivity contribution is 9.10. The van der Waals surface area contributed by atoms with Crippen LogP contribution in [-0.2, 0) is 10.0 Å². The second-order valence-corrected chi connectivity index (χ2v) is 7.57. The normalized spacial score (nSPS) is 11.3. The van der Waals surface area contributed by atoms with E-state index >= 15 is 0 Å². The Morgan fingerprint density at radius 3 is 2.26 bits per heavy atom. The highest BCUT2D eigenvalue weighted by Gasteiger charge is 2.15. The second-order valence-electron chi connectivity index (χ2n) is 3.68. The van der Waals surface area contributed by atoms with Gasteiger partial charge in [-0.3, -0.25) is 4.72 Å². The lowest BCUT2D eigenvalue weighted by molar-refractivity contribution is 0.601. The Balaban J connectivity index is 2.36. The third-order valence-electron chi connectivity index (χ3n) is 2.30. The zero-order valence-electron chi connectivity index (χ0n) is 9.40. The van der Waals surface area contributed by atoms with Gasteiger partial charge in [-0.05, 0) is 58.4 Å². The predicted octanol–water partition coefficient (Wildman–Crippen LogP) is 4.67. The summed E-state index contributed by atoms with van der Waals surface area (Å²) in [6.45, 7) is 0. The monoisotopic (exact) mass is 423 g/mol. The first-order valence-electron chi connectivity index (χ1n) is 5.12. The fraction of sp³-hybridized carbons (Fsp3) is 0. The molecule has 0 heterocycles. The molecule has 0 aliphatic carbocycles. The van der Waals surface area contributed by atoms with Gasteiger partial charge in [0.2, 0.25) is 0 Å². The minimum absolute atomic E-state index is 0.183. The molecule has 19 heavy (non-hydrogen) atoms. The van der Waals surface area contributed by atoms with Crippen molar-refractivity contribution in [2.24, 2.45) is 0 Å². The average Bonchev–Trinajstić information content (AvgIpc) is 2.34. The third-order valence-corrected chi connectivity index (χ3v) is 5.13. The Kier molecular flexibility index (Phi) is 4.55. The van der Waals surface area contributed by atoms with Gasteiger partial charge in [0, 0.05) is 14.0 Å². The molecule has 0 bridgehead atoms. The van der Waals surface area contributed by atoms with Crippen LogP contribution in [0.15, 0.2) is 56.3 Å². The van der Waals surface area contributed by atoms with Gasteiger partial charge < -0.3 is 0 Å². The fourth-order valence-corrected chi connectivity index (χ4v) is 3.38. The molecule has 0 atom stereocenters. The van der Waals surface area contributed by atoms with Crippen molar-refractivity contribution < 1.29 is 8.42 Å². The standard InChI is InChI=1S/C12H8Br2ClNO2S/c13-8-1-4-10(5-2-8)19(17,18)16-12-7-9(15)3-6-11(12)14/h1-7,16H. The van der Waals surface area contributed by atoms with Gasteiger partial charge in [0.25, 0.3) is 10.0 Å². The van der Waals surface area contributed by atoms with Crippen LogP contribution in [0.25, 0.3) is 0 Å². The summed E-state index contributed by atoms with van der Waals surface area (Å²) in [7, 11) is -3.63. The molecule has 100 valence electrons. The molecule has 0 saturated heterocycles. The van der Waals surface area contributed by atoms with Crippen LogP contribution in [0.4, 0.5) is 5.69 Å². The zero-order chi connectivity index (χ0) is 14.0. The summed E-state index contributed by atoms with van der Waals surface area (Å²) >= 11 is 12.4. The molecular formula is C12H8Br2ClNO2S. The van der Waals surface area contributed by atoms with Crippen LogP contribution in [0.2, 0.25) is 5.02 Å². The van der Waals surface area contributed by atoms with Crippen molar-refractivity contribution in [2.75, 3.05) is 4.72 Å². The van der Waals surface area contributed by atoms with Crippen LogP contribution in [0.1, 0.15) is 0 Å². The lowest BCUT2D eigenvalue weighted by Crippen LogP contribution is -2.13. The molecule has 0 amide bonds. The van der Waals surface area contributed by atoms with Gasteiger partial charge in [-0.15, -0.1) is 0 Å². The quantitative estimate of drug-likeness (QED) is 0.777. The van der Waals surface area contributed by atoms with E-state index in [0.29, 0.717) is 15.2 Å². The molecule has 0 fully saturated rings. The molecule has 0 spiro atoms. The fourth-order valence-electron chi connectivity index (χ4n) is 1.39. The maximum absolute atomic E-state index is 12.2. The van der Waals surface area contributed by atoms with Crippen LogP contribution in [-0.4, -0.2) is 8.42 Å². The SMILES string of the molecule is O=S(=O)(Nc1cc(Cl)ccc1Br)c1ccc(Br)cc1. The molecule has 2 aromatic rings. The molecule has 0 saturated carbocycles. The maximum atomic E-state index is 12.2. The van der Waals surface area contributed by atoms with Gasteiger partial charge in [0.1, 0.15) is 0 Å². The molecule has 2 aromatic carbocycles. The third kappa shape index (κ3) is 3.72. The molecule has 3 nitrogen and oxygen atoms in total. The van der Waals surface area contributed by atoms with E-state index in [1.807, 2.05) is 0 Å². The van der Waals surface area contributed by atoms with Crippen molar-refractivity contribution in [1.82, 2.24) is 0 Å². The molecule has 0 aliphatic heterocycles. The number of benzene rings is 2. The minimum atomic E-state index is -3.63. The molecule has 2 rings (SSSR count). The van der Waals surface area contributed by atoms with Crippen molar-refractivity contribution in [1.29, 1.82) is 0 Å². The molecule has 0 aromatic heterocycles. The molecular weight excluding hydrogens is 417 g/mol. The van der Waals surface area contributed by atoms with Crippen molar-refractivity contribution in [3.05, 3.63) is 56.4 Å². The molecule has 0 unspecified atom stereocenters. The highest BCUT2D eigenvalue weighted by atomic mass is 79.9. The minimum Gasteiger partial charge on any atom is -0.278 e. The Labute approximate surface area is 133 Å². The van der Waals surface area contributed by atoms with E-state index < -0.39 is 10.0 Å². The van der Waals surface area contributed by atoms with Gasteiger partial charge >= 0.3 is 0 Å². The van der Waals surface area contributed by atoms with E-state index in [9.17, 15) is 8.42 Å². The summed E-state index contributed by atoms with van der Waals surface area (Å²) in [5, 5.41) is 0.455. The number of hydrogen-bond donors (Lipinski definition) is 1. The number of anilines is 1. The van der Waals surface area contributed by atoms with E-state index in [1.165, 1.54) is 12.1 Å². The lowest BCUT2D eigenvalue weighted by Gasteiger charge is -2.10. The van der Waals surface area contributed by atoms with Crippen LogP contribution in [0, 0.1) is 0 Å².